The van der Waals surface area contributed by atoms with Crippen LogP contribution in [0.15, 0.2) is 36.4 Å². The molecular weight excluding hydrogens is 292 g/mol. The molecule has 2 heterocycles. The van der Waals surface area contributed by atoms with Gasteiger partial charge in [-0.25, -0.2) is 9.78 Å². The van der Waals surface area contributed by atoms with E-state index in [1.54, 1.807) is 12.1 Å². The van der Waals surface area contributed by atoms with Crippen molar-refractivity contribution in [1.82, 2.24) is 4.98 Å². The Balaban J connectivity index is 1.64. The zero-order valence-corrected chi connectivity index (χ0v) is 13.0. The van der Waals surface area contributed by atoms with Crippen molar-refractivity contribution in [2.45, 2.75) is 19.8 Å². The SMILES string of the molecule is Cc1nc(N2CCCC2)ccc1NC(=O)Nc1ccc(O)cc1. The summed E-state index contributed by atoms with van der Waals surface area (Å²) in [5, 5.41) is 14.8. The number of aromatic hydroxyl groups is 1. The second-order valence-corrected chi connectivity index (χ2v) is 5.62. The summed E-state index contributed by atoms with van der Waals surface area (Å²) in [4.78, 5) is 18.9. The molecule has 1 aromatic heterocycles. The number of carbonyl (C=O) groups is 1. The van der Waals surface area contributed by atoms with E-state index in [1.807, 2.05) is 19.1 Å². The number of pyridine rings is 1. The number of aryl methyl sites for hydroxylation is 1. The standard InChI is InChI=1S/C17H20N4O2/c1-12-15(8-9-16(18-12)21-10-2-3-11-21)20-17(23)19-13-4-6-14(22)7-5-13/h4-9,22H,2-3,10-11H2,1H3,(H2,19,20,23). The molecule has 1 aliphatic rings. The van der Waals surface area contributed by atoms with Gasteiger partial charge in [0.2, 0.25) is 0 Å². The van der Waals surface area contributed by atoms with Gasteiger partial charge in [-0.2, -0.15) is 0 Å². The van der Waals surface area contributed by atoms with Crippen molar-refractivity contribution in [3.63, 3.8) is 0 Å². The van der Waals surface area contributed by atoms with Gasteiger partial charge < -0.3 is 20.6 Å². The largest absolute Gasteiger partial charge is 0.508 e. The summed E-state index contributed by atoms with van der Waals surface area (Å²) in [6.07, 6.45) is 2.41. The first-order valence-corrected chi connectivity index (χ1v) is 7.71. The number of hydrogen-bond acceptors (Lipinski definition) is 4. The van der Waals surface area contributed by atoms with Crippen LogP contribution in [0.1, 0.15) is 18.5 Å². The van der Waals surface area contributed by atoms with E-state index in [1.165, 1.54) is 25.0 Å². The van der Waals surface area contributed by atoms with E-state index in [2.05, 4.69) is 20.5 Å². The molecule has 0 spiro atoms. The molecule has 0 saturated carbocycles. The lowest BCUT2D eigenvalue weighted by molar-refractivity contribution is 0.262. The molecule has 1 aliphatic heterocycles. The topological polar surface area (TPSA) is 77.5 Å². The van der Waals surface area contributed by atoms with E-state index in [-0.39, 0.29) is 11.8 Å². The number of anilines is 3. The minimum atomic E-state index is -0.338. The van der Waals surface area contributed by atoms with E-state index in [0.717, 1.165) is 24.6 Å². The fourth-order valence-electron chi connectivity index (χ4n) is 2.63. The third-order valence-electron chi connectivity index (χ3n) is 3.87. The number of nitrogens with zero attached hydrogens (tertiary/aromatic N) is 2. The monoisotopic (exact) mass is 312 g/mol. The second kappa shape index (κ2) is 6.56. The molecule has 6 nitrogen and oxygen atoms in total. The van der Waals surface area contributed by atoms with Gasteiger partial charge in [0.15, 0.2) is 0 Å². The number of urea groups is 1. The first kappa shape index (κ1) is 15.1. The number of rotatable bonds is 3. The van der Waals surface area contributed by atoms with Crippen LogP contribution in [0.5, 0.6) is 5.75 Å². The first-order chi connectivity index (χ1) is 11.1. The van der Waals surface area contributed by atoms with Crippen molar-refractivity contribution in [1.29, 1.82) is 0 Å². The number of amides is 2. The van der Waals surface area contributed by atoms with Gasteiger partial charge in [-0.1, -0.05) is 0 Å². The van der Waals surface area contributed by atoms with Crippen molar-refractivity contribution in [3.05, 3.63) is 42.1 Å². The van der Waals surface area contributed by atoms with Crippen LogP contribution in [0.25, 0.3) is 0 Å². The Morgan fingerprint density at radius 1 is 1.09 bits per heavy atom. The summed E-state index contributed by atoms with van der Waals surface area (Å²) in [6.45, 7) is 3.97. The number of hydrogen-bond donors (Lipinski definition) is 3. The lowest BCUT2D eigenvalue weighted by atomic mass is 10.3. The summed E-state index contributed by atoms with van der Waals surface area (Å²) >= 11 is 0. The lowest BCUT2D eigenvalue weighted by Crippen LogP contribution is -2.22. The minimum Gasteiger partial charge on any atom is -0.508 e. The van der Waals surface area contributed by atoms with Crippen molar-refractivity contribution >= 4 is 23.2 Å². The molecule has 1 saturated heterocycles. The maximum absolute atomic E-state index is 12.0. The molecule has 3 N–H and O–H groups in total. The number of benzene rings is 1. The molecule has 23 heavy (non-hydrogen) atoms. The first-order valence-electron chi connectivity index (χ1n) is 7.71. The van der Waals surface area contributed by atoms with Crippen LogP contribution < -0.4 is 15.5 Å². The number of aromatic nitrogens is 1. The highest BCUT2D eigenvalue weighted by atomic mass is 16.3. The smallest absolute Gasteiger partial charge is 0.323 e. The average molecular weight is 312 g/mol. The Bertz CT molecular complexity index is 694. The van der Waals surface area contributed by atoms with Crippen LogP contribution in [0.4, 0.5) is 22.0 Å². The van der Waals surface area contributed by atoms with Crippen molar-refractivity contribution in [2.24, 2.45) is 0 Å². The van der Waals surface area contributed by atoms with E-state index < -0.39 is 0 Å². The Kier molecular flexibility index (Phi) is 4.32. The quantitative estimate of drug-likeness (QED) is 0.760. The van der Waals surface area contributed by atoms with Gasteiger partial charge in [-0.05, 0) is 56.2 Å². The van der Waals surface area contributed by atoms with Crippen LogP contribution in [-0.2, 0) is 0 Å². The molecule has 120 valence electrons. The Morgan fingerprint density at radius 3 is 2.43 bits per heavy atom. The predicted molar refractivity (Wildman–Crippen MR) is 91.2 cm³/mol. The predicted octanol–water partition coefficient (Wildman–Crippen LogP) is 3.34. The maximum atomic E-state index is 12.0. The van der Waals surface area contributed by atoms with Gasteiger partial charge in [0.25, 0.3) is 0 Å². The second-order valence-electron chi connectivity index (χ2n) is 5.62. The maximum Gasteiger partial charge on any atom is 0.323 e. The van der Waals surface area contributed by atoms with E-state index in [0.29, 0.717) is 11.4 Å². The zero-order valence-electron chi connectivity index (χ0n) is 13.0. The van der Waals surface area contributed by atoms with Crippen molar-refractivity contribution in [3.8, 4) is 5.75 Å². The summed E-state index contributed by atoms with van der Waals surface area (Å²) in [5.74, 6) is 1.12. The fraction of sp³-hybridized carbons (Fsp3) is 0.294. The molecule has 0 atom stereocenters. The molecular formula is C17H20N4O2. The third-order valence-corrected chi connectivity index (χ3v) is 3.87. The highest BCUT2D eigenvalue weighted by Crippen LogP contribution is 2.22. The van der Waals surface area contributed by atoms with Crippen LogP contribution in [-0.4, -0.2) is 29.2 Å². The van der Waals surface area contributed by atoms with Gasteiger partial charge in [-0.3, -0.25) is 0 Å². The van der Waals surface area contributed by atoms with Crippen molar-refractivity contribution in [2.75, 3.05) is 28.6 Å². The zero-order chi connectivity index (χ0) is 16.2. The average Bonchev–Trinajstić information content (AvgIpc) is 3.06. The van der Waals surface area contributed by atoms with Crippen LogP contribution in [0.3, 0.4) is 0 Å². The summed E-state index contributed by atoms with van der Waals surface area (Å²) in [5.41, 5.74) is 2.08. The van der Waals surface area contributed by atoms with Crippen LogP contribution >= 0.6 is 0 Å². The van der Waals surface area contributed by atoms with Crippen LogP contribution in [0.2, 0.25) is 0 Å². The van der Waals surface area contributed by atoms with E-state index in [4.69, 9.17) is 0 Å². The van der Waals surface area contributed by atoms with Gasteiger partial charge in [-0.15, -0.1) is 0 Å². The highest BCUT2D eigenvalue weighted by Gasteiger charge is 2.15. The van der Waals surface area contributed by atoms with Gasteiger partial charge >= 0.3 is 6.03 Å². The molecule has 0 unspecified atom stereocenters. The Morgan fingerprint density at radius 2 is 1.78 bits per heavy atom. The molecule has 3 rings (SSSR count). The molecule has 0 aliphatic carbocycles. The third kappa shape index (κ3) is 3.71. The minimum absolute atomic E-state index is 0.161. The lowest BCUT2D eigenvalue weighted by Gasteiger charge is -2.18. The van der Waals surface area contributed by atoms with Gasteiger partial charge in [0.1, 0.15) is 11.6 Å². The molecule has 1 fully saturated rings. The number of phenolic OH excluding ortho intramolecular Hbond substituents is 1. The molecule has 2 amide bonds. The van der Waals surface area contributed by atoms with Crippen LogP contribution in [0, 0.1) is 6.92 Å². The number of phenols is 1. The molecule has 6 heteroatoms. The van der Waals surface area contributed by atoms with Crippen molar-refractivity contribution < 1.29 is 9.90 Å². The molecule has 2 aromatic rings. The van der Waals surface area contributed by atoms with Gasteiger partial charge in [0.05, 0.1) is 11.4 Å². The fourth-order valence-corrected chi connectivity index (χ4v) is 2.63. The summed E-state index contributed by atoms with van der Waals surface area (Å²) in [7, 11) is 0. The molecule has 1 aromatic carbocycles. The van der Waals surface area contributed by atoms with E-state index in [9.17, 15) is 9.90 Å². The van der Waals surface area contributed by atoms with Gasteiger partial charge in [0, 0.05) is 18.8 Å². The highest BCUT2D eigenvalue weighted by molar-refractivity contribution is 6.00. The normalized spacial score (nSPS) is 13.9. The summed E-state index contributed by atoms with van der Waals surface area (Å²) in [6, 6.07) is 9.79. The van der Waals surface area contributed by atoms with E-state index >= 15 is 0 Å². The summed E-state index contributed by atoms with van der Waals surface area (Å²) < 4.78 is 0. The molecule has 0 radical (unpaired) electrons. The Hall–Kier alpha value is -2.76. The number of carbonyl (C=O) groups excluding carboxylic acids is 1. The molecule has 0 bridgehead atoms. The number of nitrogens with one attached hydrogen (secondary N) is 2. The Labute approximate surface area is 135 Å².